The number of nitrogens with one attached hydrogen (secondary N) is 1. The number of alkyl halides is 3. The summed E-state index contributed by atoms with van der Waals surface area (Å²) in [6.45, 7) is 0.106. The molecule has 0 aliphatic carbocycles. The summed E-state index contributed by atoms with van der Waals surface area (Å²) in [6, 6.07) is 7.56. The molecule has 2 aromatic rings. The van der Waals surface area contributed by atoms with E-state index in [4.69, 9.17) is 16.3 Å². The highest BCUT2D eigenvalue weighted by Gasteiger charge is 2.38. The lowest BCUT2D eigenvalue weighted by Gasteiger charge is -2.28. The van der Waals surface area contributed by atoms with E-state index in [9.17, 15) is 22.8 Å². The molecule has 1 amide bonds. The average molecular weight is 414 g/mol. The summed E-state index contributed by atoms with van der Waals surface area (Å²) in [4.78, 5) is 24.4. The number of hydrogen-bond donors (Lipinski definition) is 1. The van der Waals surface area contributed by atoms with Crippen molar-refractivity contribution >= 4 is 23.5 Å². The van der Waals surface area contributed by atoms with Gasteiger partial charge in [0.25, 0.3) is 5.91 Å². The van der Waals surface area contributed by atoms with Gasteiger partial charge in [0, 0.05) is 12.0 Å². The molecule has 2 aromatic carbocycles. The fourth-order valence-corrected chi connectivity index (χ4v) is 3.20. The molecule has 1 N–H and O–H groups in total. The third kappa shape index (κ3) is 3.91. The van der Waals surface area contributed by atoms with Crippen LogP contribution in [0.4, 0.5) is 13.2 Å². The SMILES string of the molecule is COC(=O)c1cc2c(cc1C(F)(F)F)OCC[C@H]2NC(=O)c1ccccc1Cl. The van der Waals surface area contributed by atoms with E-state index < -0.39 is 35.2 Å². The van der Waals surface area contributed by atoms with Gasteiger partial charge in [-0.2, -0.15) is 13.2 Å². The Bertz CT molecular complexity index is 930. The number of amides is 1. The lowest BCUT2D eigenvalue weighted by molar-refractivity contribution is -0.138. The summed E-state index contributed by atoms with van der Waals surface area (Å²) >= 11 is 6.02. The van der Waals surface area contributed by atoms with Gasteiger partial charge in [0.05, 0.1) is 41.5 Å². The zero-order chi connectivity index (χ0) is 20.5. The van der Waals surface area contributed by atoms with Crippen molar-refractivity contribution in [2.24, 2.45) is 0 Å². The van der Waals surface area contributed by atoms with E-state index in [-0.39, 0.29) is 28.5 Å². The summed E-state index contributed by atoms with van der Waals surface area (Å²) in [5, 5.41) is 2.98. The van der Waals surface area contributed by atoms with Gasteiger partial charge in [-0.05, 0) is 24.3 Å². The van der Waals surface area contributed by atoms with E-state index in [1.807, 2.05) is 0 Å². The molecule has 0 saturated carbocycles. The number of fused-ring (bicyclic) bond motifs is 1. The van der Waals surface area contributed by atoms with Crippen molar-refractivity contribution < 1.29 is 32.2 Å². The van der Waals surface area contributed by atoms with Crippen LogP contribution < -0.4 is 10.1 Å². The zero-order valence-corrected chi connectivity index (χ0v) is 15.4. The molecule has 0 spiro atoms. The van der Waals surface area contributed by atoms with Crippen LogP contribution in [-0.4, -0.2) is 25.6 Å². The maximum atomic E-state index is 13.3. The predicted octanol–water partition coefficient (Wildman–Crippen LogP) is 4.40. The summed E-state index contributed by atoms with van der Waals surface area (Å²) in [5.74, 6) is -1.66. The monoisotopic (exact) mass is 413 g/mol. The standard InChI is InChI=1S/C19H15ClF3NO4/c1-27-18(26)11-8-12-15(24-17(25)10-4-2-3-5-14(10)20)6-7-28-16(12)9-13(11)19(21,22)23/h2-5,8-9,15H,6-7H2,1H3,(H,24,25)/t15-/m1/s1. The molecule has 5 nitrogen and oxygen atoms in total. The molecule has 1 aliphatic rings. The second-order valence-corrected chi connectivity index (χ2v) is 6.48. The smallest absolute Gasteiger partial charge is 0.417 e. The van der Waals surface area contributed by atoms with E-state index >= 15 is 0 Å². The number of benzene rings is 2. The number of carbonyl (C=O) groups excluding carboxylic acids is 2. The van der Waals surface area contributed by atoms with E-state index in [1.54, 1.807) is 18.2 Å². The van der Waals surface area contributed by atoms with Gasteiger partial charge in [-0.1, -0.05) is 23.7 Å². The molecule has 0 fully saturated rings. The van der Waals surface area contributed by atoms with Crippen molar-refractivity contribution in [3.05, 3.63) is 63.7 Å². The average Bonchev–Trinajstić information content (AvgIpc) is 2.66. The Hall–Kier alpha value is -2.74. The molecule has 0 saturated heterocycles. The highest BCUT2D eigenvalue weighted by atomic mass is 35.5. The van der Waals surface area contributed by atoms with Gasteiger partial charge in [-0.3, -0.25) is 4.79 Å². The molecule has 0 radical (unpaired) electrons. The van der Waals surface area contributed by atoms with E-state index in [0.717, 1.165) is 19.2 Å². The number of halogens is 4. The van der Waals surface area contributed by atoms with Crippen LogP contribution in [0.2, 0.25) is 5.02 Å². The minimum atomic E-state index is -4.77. The Morgan fingerprint density at radius 2 is 1.93 bits per heavy atom. The van der Waals surface area contributed by atoms with Gasteiger partial charge in [-0.25, -0.2) is 4.79 Å². The first-order valence-electron chi connectivity index (χ1n) is 8.24. The lowest BCUT2D eigenvalue weighted by Crippen LogP contribution is -2.33. The van der Waals surface area contributed by atoms with Crippen molar-refractivity contribution in [1.29, 1.82) is 0 Å². The molecule has 0 aromatic heterocycles. The molecule has 0 bridgehead atoms. The Morgan fingerprint density at radius 3 is 2.57 bits per heavy atom. The van der Waals surface area contributed by atoms with Crippen LogP contribution in [0.25, 0.3) is 0 Å². The molecule has 148 valence electrons. The fraction of sp³-hybridized carbons (Fsp3) is 0.263. The van der Waals surface area contributed by atoms with Crippen molar-refractivity contribution in [3.8, 4) is 5.75 Å². The first-order chi connectivity index (χ1) is 13.2. The summed E-state index contributed by atoms with van der Waals surface area (Å²) in [5.41, 5.74) is -1.30. The van der Waals surface area contributed by atoms with Crippen LogP contribution in [0.1, 0.15) is 44.3 Å². The van der Waals surface area contributed by atoms with Gasteiger partial charge >= 0.3 is 12.1 Å². The van der Waals surface area contributed by atoms with Gasteiger partial charge < -0.3 is 14.8 Å². The molecular formula is C19H15ClF3NO4. The predicted molar refractivity (Wildman–Crippen MR) is 94.6 cm³/mol. The number of methoxy groups -OCH3 is 1. The molecule has 28 heavy (non-hydrogen) atoms. The number of hydrogen-bond acceptors (Lipinski definition) is 4. The van der Waals surface area contributed by atoms with Crippen molar-refractivity contribution in [2.45, 2.75) is 18.6 Å². The van der Waals surface area contributed by atoms with Gasteiger partial charge in [-0.15, -0.1) is 0 Å². The minimum absolute atomic E-state index is 0.0457. The molecule has 1 heterocycles. The Kier molecular flexibility index (Phi) is 5.51. The molecule has 1 atom stereocenters. The summed E-state index contributed by atoms with van der Waals surface area (Å²) < 4.78 is 49.8. The van der Waals surface area contributed by atoms with Crippen molar-refractivity contribution in [3.63, 3.8) is 0 Å². The van der Waals surface area contributed by atoms with Gasteiger partial charge in [0.2, 0.25) is 0 Å². The third-order valence-corrected chi connectivity index (χ3v) is 4.65. The molecular weight excluding hydrogens is 399 g/mol. The maximum Gasteiger partial charge on any atom is 0.417 e. The molecule has 3 rings (SSSR count). The first kappa shape index (κ1) is 20.0. The molecule has 0 unspecified atom stereocenters. The van der Waals surface area contributed by atoms with Crippen LogP contribution >= 0.6 is 11.6 Å². The Balaban J connectivity index is 2.00. The number of rotatable bonds is 3. The fourth-order valence-electron chi connectivity index (χ4n) is 2.98. The maximum absolute atomic E-state index is 13.3. The van der Waals surface area contributed by atoms with Gasteiger partial charge in [0.15, 0.2) is 0 Å². The zero-order valence-electron chi connectivity index (χ0n) is 14.6. The van der Waals surface area contributed by atoms with Crippen LogP contribution in [0.3, 0.4) is 0 Å². The molecule has 1 aliphatic heterocycles. The highest BCUT2D eigenvalue weighted by Crippen LogP contribution is 2.40. The highest BCUT2D eigenvalue weighted by molar-refractivity contribution is 6.33. The van der Waals surface area contributed by atoms with Crippen LogP contribution in [-0.2, 0) is 10.9 Å². The third-order valence-electron chi connectivity index (χ3n) is 4.32. The molecule has 9 heteroatoms. The van der Waals surface area contributed by atoms with E-state index in [1.165, 1.54) is 6.07 Å². The second kappa shape index (κ2) is 7.71. The van der Waals surface area contributed by atoms with Gasteiger partial charge in [0.1, 0.15) is 5.75 Å². The minimum Gasteiger partial charge on any atom is -0.493 e. The largest absolute Gasteiger partial charge is 0.493 e. The quantitative estimate of drug-likeness (QED) is 0.757. The second-order valence-electron chi connectivity index (χ2n) is 6.07. The number of carbonyl (C=O) groups is 2. The van der Waals surface area contributed by atoms with E-state index in [0.29, 0.717) is 6.42 Å². The van der Waals surface area contributed by atoms with Crippen LogP contribution in [0.5, 0.6) is 5.75 Å². The number of ether oxygens (including phenoxy) is 2. The Morgan fingerprint density at radius 1 is 1.21 bits per heavy atom. The summed E-state index contributed by atoms with van der Waals surface area (Å²) in [7, 11) is 0.995. The van der Waals surface area contributed by atoms with Crippen molar-refractivity contribution in [1.82, 2.24) is 5.32 Å². The summed E-state index contributed by atoms with van der Waals surface area (Å²) in [6.07, 6.45) is -4.45. The Labute approximate surface area is 163 Å². The van der Waals surface area contributed by atoms with Crippen molar-refractivity contribution in [2.75, 3.05) is 13.7 Å². The normalized spacial score (nSPS) is 16.0. The lowest BCUT2D eigenvalue weighted by atomic mass is 9.94. The van der Waals surface area contributed by atoms with Crippen LogP contribution in [0, 0.1) is 0 Å². The number of esters is 1. The van der Waals surface area contributed by atoms with Crippen LogP contribution in [0.15, 0.2) is 36.4 Å². The first-order valence-corrected chi connectivity index (χ1v) is 8.61. The van der Waals surface area contributed by atoms with E-state index in [2.05, 4.69) is 10.1 Å². The topological polar surface area (TPSA) is 64.6 Å².